The van der Waals surface area contributed by atoms with E-state index < -0.39 is 0 Å². The maximum absolute atomic E-state index is 9.38. The van der Waals surface area contributed by atoms with Crippen molar-refractivity contribution in [3.63, 3.8) is 0 Å². The van der Waals surface area contributed by atoms with Gasteiger partial charge in [-0.3, -0.25) is 0 Å². The molecule has 0 aromatic heterocycles. The highest BCUT2D eigenvalue weighted by Gasteiger charge is 1.97. The SMILES string of the molecule is C=C/C(O)=C\C(=C/C)c1ccc(C)cc1. The number of allylic oxidation sites excluding steroid dienone is 4. The van der Waals surface area contributed by atoms with Crippen molar-refractivity contribution in [2.45, 2.75) is 13.8 Å². The minimum atomic E-state index is 0.184. The minimum absolute atomic E-state index is 0.184. The Morgan fingerprint density at radius 2 is 1.87 bits per heavy atom. The largest absolute Gasteiger partial charge is 0.508 e. The lowest BCUT2D eigenvalue weighted by atomic mass is 10.0. The van der Waals surface area contributed by atoms with Crippen molar-refractivity contribution in [2.24, 2.45) is 0 Å². The highest BCUT2D eigenvalue weighted by Crippen LogP contribution is 2.17. The number of benzene rings is 1. The van der Waals surface area contributed by atoms with Crippen molar-refractivity contribution >= 4 is 5.57 Å². The van der Waals surface area contributed by atoms with Crippen LogP contribution >= 0.6 is 0 Å². The minimum Gasteiger partial charge on any atom is -0.508 e. The van der Waals surface area contributed by atoms with Gasteiger partial charge in [0.2, 0.25) is 0 Å². The lowest BCUT2D eigenvalue weighted by Gasteiger charge is -2.03. The Morgan fingerprint density at radius 1 is 1.27 bits per heavy atom. The summed E-state index contributed by atoms with van der Waals surface area (Å²) in [6.07, 6.45) is 5.10. The van der Waals surface area contributed by atoms with Crippen LogP contribution in [0, 0.1) is 6.92 Å². The first-order valence-electron chi connectivity index (χ1n) is 4.94. The first kappa shape index (κ1) is 11.3. The lowest BCUT2D eigenvalue weighted by Crippen LogP contribution is -1.83. The van der Waals surface area contributed by atoms with E-state index in [0.29, 0.717) is 0 Å². The van der Waals surface area contributed by atoms with Crippen molar-refractivity contribution in [3.05, 3.63) is 66.0 Å². The Labute approximate surface area is 91.1 Å². The maximum atomic E-state index is 9.38. The van der Waals surface area contributed by atoms with Crippen LogP contribution in [0.3, 0.4) is 0 Å². The molecule has 0 atom stereocenters. The van der Waals surface area contributed by atoms with E-state index >= 15 is 0 Å². The van der Waals surface area contributed by atoms with Crippen LogP contribution in [0.4, 0.5) is 0 Å². The van der Waals surface area contributed by atoms with Crippen LogP contribution in [0.15, 0.2) is 54.8 Å². The average Bonchev–Trinajstić information content (AvgIpc) is 2.27. The van der Waals surface area contributed by atoms with E-state index in [9.17, 15) is 5.11 Å². The molecule has 1 aromatic rings. The zero-order chi connectivity index (χ0) is 11.3. The topological polar surface area (TPSA) is 20.2 Å². The molecule has 0 unspecified atom stereocenters. The summed E-state index contributed by atoms with van der Waals surface area (Å²) in [5.74, 6) is 0.184. The van der Waals surface area contributed by atoms with Gasteiger partial charge in [-0.05, 0) is 37.1 Å². The molecule has 1 heteroatoms. The Kier molecular flexibility index (Phi) is 3.92. The highest BCUT2D eigenvalue weighted by molar-refractivity contribution is 5.74. The average molecular weight is 200 g/mol. The molecule has 0 bridgehead atoms. The van der Waals surface area contributed by atoms with E-state index in [1.165, 1.54) is 11.6 Å². The van der Waals surface area contributed by atoms with Gasteiger partial charge in [0.15, 0.2) is 0 Å². The molecule has 0 heterocycles. The summed E-state index contributed by atoms with van der Waals surface area (Å²) in [5, 5.41) is 9.38. The molecular weight excluding hydrogens is 184 g/mol. The Morgan fingerprint density at radius 3 is 2.33 bits per heavy atom. The molecule has 78 valence electrons. The van der Waals surface area contributed by atoms with E-state index in [0.717, 1.165) is 11.1 Å². The number of aliphatic hydroxyl groups is 1. The monoisotopic (exact) mass is 200 g/mol. The van der Waals surface area contributed by atoms with E-state index in [4.69, 9.17) is 0 Å². The van der Waals surface area contributed by atoms with Crippen LogP contribution in [0.1, 0.15) is 18.1 Å². The standard InChI is InChI=1S/C14H16O/c1-4-12(10-14(15)5-2)13-8-6-11(3)7-9-13/h4-10,15H,2H2,1,3H3/b12-4+,14-10+. The van der Waals surface area contributed by atoms with Crippen LogP contribution in [0.2, 0.25) is 0 Å². The van der Waals surface area contributed by atoms with Gasteiger partial charge in [-0.15, -0.1) is 0 Å². The molecule has 0 saturated heterocycles. The fraction of sp³-hybridized carbons (Fsp3) is 0.143. The summed E-state index contributed by atoms with van der Waals surface area (Å²) in [6.45, 7) is 7.51. The molecule has 1 nitrogen and oxygen atoms in total. The molecule has 1 aromatic carbocycles. The molecule has 0 saturated carbocycles. The molecule has 0 fully saturated rings. The van der Waals surface area contributed by atoms with Gasteiger partial charge in [-0.2, -0.15) is 0 Å². The zero-order valence-corrected chi connectivity index (χ0v) is 9.20. The molecule has 1 N–H and O–H groups in total. The van der Waals surface area contributed by atoms with E-state index in [2.05, 4.69) is 25.6 Å². The quantitative estimate of drug-likeness (QED) is 0.577. The van der Waals surface area contributed by atoms with E-state index in [1.807, 2.05) is 25.1 Å². The number of aliphatic hydroxyl groups excluding tert-OH is 1. The predicted octanol–water partition coefficient (Wildman–Crippen LogP) is 4.03. The molecule has 0 aliphatic carbocycles. The van der Waals surface area contributed by atoms with Gasteiger partial charge in [0, 0.05) is 0 Å². The fourth-order valence-electron chi connectivity index (χ4n) is 1.30. The molecule has 0 radical (unpaired) electrons. The molecule has 0 aliphatic heterocycles. The zero-order valence-electron chi connectivity index (χ0n) is 9.20. The number of aryl methyl sites for hydroxylation is 1. The summed E-state index contributed by atoms with van der Waals surface area (Å²) < 4.78 is 0. The summed E-state index contributed by atoms with van der Waals surface area (Å²) in [5.41, 5.74) is 3.31. The Hall–Kier alpha value is -1.76. The predicted molar refractivity (Wildman–Crippen MR) is 65.7 cm³/mol. The van der Waals surface area contributed by atoms with Gasteiger partial charge in [0.1, 0.15) is 5.76 Å². The first-order valence-corrected chi connectivity index (χ1v) is 4.94. The molecule has 0 spiro atoms. The smallest absolute Gasteiger partial charge is 0.115 e. The molecular formula is C14H16O. The lowest BCUT2D eigenvalue weighted by molar-refractivity contribution is 0.433. The van der Waals surface area contributed by atoms with Gasteiger partial charge in [-0.1, -0.05) is 42.5 Å². The number of hydrogen-bond acceptors (Lipinski definition) is 1. The summed E-state index contributed by atoms with van der Waals surface area (Å²) >= 11 is 0. The summed E-state index contributed by atoms with van der Waals surface area (Å²) in [7, 11) is 0. The van der Waals surface area contributed by atoms with Gasteiger partial charge in [-0.25, -0.2) is 0 Å². The fourth-order valence-corrected chi connectivity index (χ4v) is 1.30. The number of rotatable bonds is 3. The van der Waals surface area contributed by atoms with Crippen molar-refractivity contribution in [1.82, 2.24) is 0 Å². The highest BCUT2D eigenvalue weighted by atomic mass is 16.3. The molecule has 0 amide bonds. The second kappa shape index (κ2) is 5.20. The first-order chi connectivity index (χ1) is 7.17. The van der Waals surface area contributed by atoms with Crippen molar-refractivity contribution in [2.75, 3.05) is 0 Å². The third kappa shape index (κ3) is 3.13. The van der Waals surface area contributed by atoms with Crippen molar-refractivity contribution in [3.8, 4) is 0 Å². The second-order valence-electron chi connectivity index (χ2n) is 3.38. The van der Waals surface area contributed by atoms with Crippen LogP contribution in [0.25, 0.3) is 5.57 Å². The Bertz CT molecular complexity index is 394. The maximum Gasteiger partial charge on any atom is 0.115 e. The number of hydrogen-bond donors (Lipinski definition) is 1. The van der Waals surface area contributed by atoms with Crippen molar-refractivity contribution in [1.29, 1.82) is 0 Å². The summed E-state index contributed by atoms with van der Waals surface area (Å²) in [4.78, 5) is 0. The van der Waals surface area contributed by atoms with Crippen LogP contribution in [-0.4, -0.2) is 5.11 Å². The van der Waals surface area contributed by atoms with Gasteiger partial charge < -0.3 is 5.11 Å². The summed E-state index contributed by atoms with van der Waals surface area (Å²) in [6, 6.07) is 8.18. The van der Waals surface area contributed by atoms with Crippen molar-refractivity contribution < 1.29 is 5.11 Å². The van der Waals surface area contributed by atoms with Gasteiger partial charge >= 0.3 is 0 Å². The second-order valence-corrected chi connectivity index (χ2v) is 3.38. The van der Waals surface area contributed by atoms with Crippen LogP contribution < -0.4 is 0 Å². The van der Waals surface area contributed by atoms with Gasteiger partial charge in [0.05, 0.1) is 0 Å². The van der Waals surface area contributed by atoms with Gasteiger partial charge in [0.25, 0.3) is 0 Å². The molecule has 0 aliphatic rings. The van der Waals surface area contributed by atoms with E-state index in [-0.39, 0.29) is 5.76 Å². The third-order valence-electron chi connectivity index (χ3n) is 2.21. The normalized spacial score (nSPS) is 12.7. The molecule has 1 rings (SSSR count). The molecule has 15 heavy (non-hydrogen) atoms. The van der Waals surface area contributed by atoms with Crippen LogP contribution in [0.5, 0.6) is 0 Å². The Balaban J connectivity index is 3.04. The van der Waals surface area contributed by atoms with E-state index in [1.54, 1.807) is 6.08 Å². The third-order valence-corrected chi connectivity index (χ3v) is 2.21. The van der Waals surface area contributed by atoms with Crippen LogP contribution in [-0.2, 0) is 0 Å².